The number of carbonyl (C=O) groups excluding carboxylic acids is 2. The van der Waals surface area contributed by atoms with Crippen molar-refractivity contribution < 1.29 is 19.1 Å². The molecule has 8 heteroatoms. The predicted octanol–water partition coefficient (Wildman–Crippen LogP) is 6.36. The third kappa shape index (κ3) is 6.87. The van der Waals surface area contributed by atoms with Gasteiger partial charge in [-0.15, -0.1) is 11.3 Å². The van der Waals surface area contributed by atoms with Gasteiger partial charge in [-0.3, -0.25) is 0 Å². The fourth-order valence-electron chi connectivity index (χ4n) is 2.94. The normalized spacial score (nSPS) is 10.4. The Morgan fingerprint density at radius 1 is 0.939 bits per heavy atom. The topological polar surface area (TPSA) is 76.7 Å². The highest BCUT2D eigenvalue weighted by Gasteiger charge is 2.19. The second kappa shape index (κ2) is 12.1. The number of hydrogen-bond acceptors (Lipinski definition) is 6. The first kappa shape index (κ1) is 24.4. The van der Waals surface area contributed by atoms with Crippen LogP contribution >= 0.6 is 23.6 Å². The van der Waals surface area contributed by atoms with Crippen LogP contribution in [0.5, 0.6) is 0 Å². The Morgan fingerprint density at radius 3 is 2.33 bits per heavy atom. The summed E-state index contributed by atoms with van der Waals surface area (Å²) in [6, 6.07) is 18.5. The average Bonchev–Trinajstić information content (AvgIpc) is 3.24. The second-order valence-electron chi connectivity index (χ2n) is 7.09. The molecular weight excluding hydrogens is 456 g/mol. The molecule has 1 heterocycles. The van der Waals surface area contributed by atoms with Crippen molar-refractivity contribution in [1.29, 1.82) is 0 Å². The molecular formula is C25H26N2O4S2. The van der Waals surface area contributed by atoms with Gasteiger partial charge in [-0.05, 0) is 61.5 Å². The van der Waals surface area contributed by atoms with Gasteiger partial charge in [0.15, 0.2) is 5.11 Å². The lowest BCUT2D eigenvalue weighted by molar-refractivity contribution is 0.0497. The minimum absolute atomic E-state index is 0.282. The Labute approximate surface area is 202 Å². The summed E-state index contributed by atoms with van der Waals surface area (Å²) in [5.74, 6) is -0.756. The van der Waals surface area contributed by atoms with E-state index in [0.717, 1.165) is 23.3 Å². The van der Waals surface area contributed by atoms with E-state index in [4.69, 9.17) is 21.7 Å². The van der Waals surface area contributed by atoms with Crippen LogP contribution in [-0.2, 0) is 9.47 Å². The number of anilines is 2. The van der Waals surface area contributed by atoms with E-state index in [2.05, 4.69) is 10.6 Å². The van der Waals surface area contributed by atoms with E-state index in [9.17, 15) is 9.59 Å². The number of thiocarbonyl (C=S) groups is 1. The second-order valence-corrected chi connectivity index (χ2v) is 8.55. The van der Waals surface area contributed by atoms with Crippen molar-refractivity contribution in [2.45, 2.75) is 26.7 Å². The van der Waals surface area contributed by atoms with Gasteiger partial charge in [0.05, 0.1) is 24.3 Å². The fourth-order valence-corrected chi connectivity index (χ4v) is 4.28. The first-order valence-corrected chi connectivity index (χ1v) is 12.0. The van der Waals surface area contributed by atoms with Crippen molar-refractivity contribution in [3.05, 3.63) is 71.8 Å². The first-order valence-electron chi connectivity index (χ1n) is 10.7. The lowest BCUT2D eigenvalue weighted by atomic mass is 10.1. The van der Waals surface area contributed by atoms with Gasteiger partial charge >= 0.3 is 11.9 Å². The van der Waals surface area contributed by atoms with E-state index >= 15 is 0 Å². The molecule has 0 bridgehead atoms. The number of benzene rings is 2. The van der Waals surface area contributed by atoms with Crippen LogP contribution in [0.4, 0.5) is 10.7 Å². The summed E-state index contributed by atoms with van der Waals surface area (Å²) < 4.78 is 10.4. The summed E-state index contributed by atoms with van der Waals surface area (Å²) in [6.45, 7) is 4.51. The highest BCUT2D eigenvalue weighted by molar-refractivity contribution is 7.80. The summed E-state index contributed by atoms with van der Waals surface area (Å²) >= 11 is 6.87. The molecule has 3 aromatic rings. The summed E-state index contributed by atoms with van der Waals surface area (Å²) in [5.41, 5.74) is 2.61. The van der Waals surface area contributed by atoms with Crippen LogP contribution in [-0.4, -0.2) is 30.3 Å². The predicted molar refractivity (Wildman–Crippen MR) is 137 cm³/mol. The van der Waals surface area contributed by atoms with Crippen LogP contribution in [0.3, 0.4) is 0 Å². The van der Waals surface area contributed by atoms with Crippen molar-refractivity contribution >= 4 is 51.3 Å². The fraction of sp³-hybridized carbons (Fsp3) is 0.240. The van der Waals surface area contributed by atoms with E-state index < -0.39 is 5.97 Å². The first-order chi connectivity index (χ1) is 16.0. The molecule has 0 fully saturated rings. The Hall–Kier alpha value is -3.23. The zero-order chi connectivity index (χ0) is 23.6. The molecule has 3 rings (SSSR count). The molecule has 172 valence electrons. The van der Waals surface area contributed by atoms with Gasteiger partial charge in [-0.25, -0.2) is 9.59 Å². The standard InChI is InChI=1S/C25H26N2O4S2/c1-3-5-15-31-23(28)18-11-13-19(14-12-18)26-25(32)27-22-20(24(29)30-4-2)16-21(33-22)17-9-7-6-8-10-17/h6-14,16H,3-5,15H2,1-2H3,(H2,26,27,32). The van der Waals surface area contributed by atoms with Gasteiger partial charge in [0, 0.05) is 10.6 Å². The SMILES string of the molecule is CCCCOC(=O)c1ccc(NC(=S)Nc2sc(-c3ccccc3)cc2C(=O)OCC)cc1. The van der Waals surface area contributed by atoms with Crippen molar-refractivity contribution in [1.82, 2.24) is 0 Å². The maximum absolute atomic E-state index is 12.5. The smallest absolute Gasteiger partial charge is 0.341 e. The molecule has 0 aliphatic rings. The molecule has 0 amide bonds. The van der Waals surface area contributed by atoms with Crippen LogP contribution in [0.15, 0.2) is 60.7 Å². The number of nitrogens with one attached hydrogen (secondary N) is 2. The molecule has 6 nitrogen and oxygen atoms in total. The Bertz CT molecular complexity index is 1100. The molecule has 1 aromatic heterocycles. The molecule has 0 unspecified atom stereocenters. The number of esters is 2. The third-order valence-corrected chi connectivity index (χ3v) is 5.93. The lowest BCUT2D eigenvalue weighted by Gasteiger charge is -2.11. The number of hydrogen-bond donors (Lipinski definition) is 2. The van der Waals surface area contributed by atoms with E-state index in [-0.39, 0.29) is 12.6 Å². The molecule has 2 N–H and O–H groups in total. The van der Waals surface area contributed by atoms with Gasteiger partial charge in [0.2, 0.25) is 0 Å². The summed E-state index contributed by atoms with van der Waals surface area (Å²) in [6.07, 6.45) is 1.81. The summed E-state index contributed by atoms with van der Waals surface area (Å²) in [7, 11) is 0. The Balaban J connectivity index is 1.69. The van der Waals surface area contributed by atoms with Gasteiger partial charge in [0.25, 0.3) is 0 Å². The van der Waals surface area contributed by atoms with Crippen LogP contribution in [0.1, 0.15) is 47.4 Å². The van der Waals surface area contributed by atoms with Crippen LogP contribution in [0.2, 0.25) is 0 Å². The molecule has 0 saturated carbocycles. The van der Waals surface area contributed by atoms with E-state index in [1.54, 1.807) is 31.2 Å². The van der Waals surface area contributed by atoms with Gasteiger partial charge < -0.3 is 20.1 Å². The number of unbranched alkanes of at least 4 members (excludes halogenated alkanes) is 1. The molecule has 2 aromatic carbocycles. The van der Waals surface area contributed by atoms with Gasteiger partial charge in [0.1, 0.15) is 5.00 Å². The molecule has 0 aliphatic heterocycles. The summed E-state index contributed by atoms with van der Waals surface area (Å²) in [4.78, 5) is 25.5. The zero-order valence-corrected chi connectivity index (χ0v) is 20.2. The van der Waals surface area contributed by atoms with E-state index in [1.165, 1.54) is 11.3 Å². The third-order valence-electron chi connectivity index (χ3n) is 4.62. The minimum Gasteiger partial charge on any atom is -0.462 e. The van der Waals surface area contributed by atoms with Crippen LogP contribution in [0, 0.1) is 0 Å². The minimum atomic E-state index is -0.410. The highest BCUT2D eigenvalue weighted by Crippen LogP contribution is 2.36. The molecule has 0 saturated heterocycles. The molecule has 0 atom stereocenters. The zero-order valence-electron chi connectivity index (χ0n) is 18.6. The van der Waals surface area contributed by atoms with Crippen molar-refractivity contribution in [2.75, 3.05) is 23.8 Å². The average molecular weight is 483 g/mol. The molecule has 33 heavy (non-hydrogen) atoms. The Morgan fingerprint density at radius 2 is 1.67 bits per heavy atom. The van der Waals surface area contributed by atoms with Crippen molar-refractivity contribution in [2.24, 2.45) is 0 Å². The monoisotopic (exact) mass is 482 g/mol. The van der Waals surface area contributed by atoms with E-state index in [0.29, 0.717) is 33.5 Å². The van der Waals surface area contributed by atoms with Gasteiger partial charge in [-0.1, -0.05) is 43.7 Å². The molecule has 0 radical (unpaired) electrons. The number of carbonyl (C=O) groups is 2. The maximum atomic E-state index is 12.5. The highest BCUT2D eigenvalue weighted by atomic mass is 32.1. The van der Waals surface area contributed by atoms with Crippen LogP contribution < -0.4 is 10.6 Å². The lowest BCUT2D eigenvalue weighted by Crippen LogP contribution is -2.20. The quantitative estimate of drug-likeness (QED) is 0.209. The Kier molecular flexibility index (Phi) is 8.97. The maximum Gasteiger partial charge on any atom is 0.341 e. The largest absolute Gasteiger partial charge is 0.462 e. The summed E-state index contributed by atoms with van der Waals surface area (Å²) in [5, 5.41) is 7.10. The molecule has 0 spiro atoms. The molecule has 0 aliphatic carbocycles. The van der Waals surface area contributed by atoms with Crippen molar-refractivity contribution in [3.8, 4) is 10.4 Å². The van der Waals surface area contributed by atoms with Crippen LogP contribution in [0.25, 0.3) is 10.4 Å². The number of thiophene rings is 1. The number of ether oxygens (including phenoxy) is 2. The van der Waals surface area contributed by atoms with Crippen molar-refractivity contribution in [3.63, 3.8) is 0 Å². The van der Waals surface area contributed by atoms with E-state index in [1.807, 2.05) is 43.3 Å². The number of rotatable bonds is 9. The van der Waals surface area contributed by atoms with Gasteiger partial charge in [-0.2, -0.15) is 0 Å².